The summed E-state index contributed by atoms with van der Waals surface area (Å²) in [7, 11) is 3.37. The van der Waals surface area contributed by atoms with E-state index in [1.165, 1.54) is 23.5 Å². The molecule has 3 aliphatic heterocycles. The third-order valence-electron chi connectivity index (χ3n) is 11.3. The highest BCUT2D eigenvalue weighted by Crippen LogP contribution is 2.52. The number of benzene rings is 2. The van der Waals surface area contributed by atoms with Crippen LogP contribution >= 0.6 is 23.5 Å². The van der Waals surface area contributed by atoms with Crippen molar-refractivity contribution in [2.45, 2.75) is 145 Å². The van der Waals surface area contributed by atoms with E-state index >= 15 is 0 Å². The van der Waals surface area contributed by atoms with Gasteiger partial charge >= 0.3 is 0 Å². The summed E-state index contributed by atoms with van der Waals surface area (Å²) in [5.41, 5.74) is 2.18. The van der Waals surface area contributed by atoms with Crippen LogP contribution in [-0.4, -0.2) is 86.1 Å². The van der Waals surface area contributed by atoms with E-state index in [1.807, 2.05) is 18.2 Å². The molecule has 3 heterocycles. The van der Waals surface area contributed by atoms with E-state index in [0.29, 0.717) is 26.2 Å². The Morgan fingerprint density at radius 3 is 2.35 bits per heavy atom. The Labute approximate surface area is 333 Å². The molecule has 3 fully saturated rings. The van der Waals surface area contributed by atoms with Crippen LogP contribution in [0, 0.1) is 11.3 Å². The molecule has 302 valence electrons. The first-order chi connectivity index (χ1) is 26.2. The fraction of sp³-hybridized carbons (Fsp3) is 0.705. The fourth-order valence-corrected chi connectivity index (χ4v) is 11.7. The molecule has 0 radical (unpaired) electrons. The van der Waals surface area contributed by atoms with Gasteiger partial charge in [-0.1, -0.05) is 63.2 Å². The van der Waals surface area contributed by atoms with Crippen molar-refractivity contribution in [1.29, 1.82) is 0 Å². The first-order valence-electron chi connectivity index (χ1n) is 20.2. The summed E-state index contributed by atoms with van der Waals surface area (Å²) in [4.78, 5) is 11.6. The second-order valence-corrected chi connectivity index (χ2v) is 19.4. The molecule has 7 atom stereocenters. The predicted octanol–water partition coefficient (Wildman–Crippen LogP) is 9.65. The molecule has 5 rings (SSSR count). The Kier molecular flexibility index (Phi) is 18.0. The summed E-state index contributed by atoms with van der Waals surface area (Å²) in [6.07, 6.45) is 11.6. The van der Waals surface area contributed by atoms with Crippen molar-refractivity contribution >= 4 is 29.8 Å². The summed E-state index contributed by atoms with van der Waals surface area (Å²) in [5, 5.41) is 0. The monoisotopic (exact) mass is 786 g/mol. The van der Waals surface area contributed by atoms with Crippen LogP contribution in [0.25, 0.3) is 0 Å². The smallest absolute Gasteiger partial charge is 0.146 e. The standard InChI is InChI=1S/C44H66O8S2/c1-33(15-18-38-27-44(53-23-10-24-54-44)28-39(51-38)21-22-45)41(49-30-35-16-19-36(47-5)20-17-35)26-40(50-32-46-4)25-37-13-9-14-42(52-37)43(2,3)31-48-29-34-11-7-6-8-12-34/h6-8,11-12,16-17,19-20,22,33,37-42H,9-10,13-15,18,21,23-32H2,1-5H3/t33-,37-,38+,39-,40-,41+,42+/m0/s1. The molecule has 0 unspecified atom stereocenters. The van der Waals surface area contributed by atoms with Gasteiger partial charge in [0.1, 0.15) is 18.8 Å². The average Bonchev–Trinajstić information content (AvgIpc) is 3.18. The van der Waals surface area contributed by atoms with Gasteiger partial charge in [0.05, 0.1) is 67.6 Å². The maximum absolute atomic E-state index is 11.6. The summed E-state index contributed by atoms with van der Waals surface area (Å²) >= 11 is 4.18. The van der Waals surface area contributed by atoms with Gasteiger partial charge in [-0.2, -0.15) is 0 Å². The lowest BCUT2D eigenvalue weighted by Gasteiger charge is -2.45. The molecule has 0 saturated carbocycles. The van der Waals surface area contributed by atoms with Crippen molar-refractivity contribution < 1.29 is 38.0 Å². The van der Waals surface area contributed by atoms with Gasteiger partial charge in [0, 0.05) is 25.4 Å². The number of aldehydes is 1. The Hall–Kier alpha value is -1.63. The maximum atomic E-state index is 11.6. The Bertz CT molecular complexity index is 1340. The number of methoxy groups -OCH3 is 2. The molecule has 0 aliphatic carbocycles. The van der Waals surface area contributed by atoms with Gasteiger partial charge in [-0.3, -0.25) is 0 Å². The second-order valence-electron chi connectivity index (χ2n) is 16.2. The molecule has 0 amide bonds. The fourth-order valence-electron chi connectivity index (χ4n) is 8.13. The SMILES string of the molecule is COCO[C@@H](C[C@@H]1CCC[C@H](C(C)(C)COCc2ccccc2)O1)C[C@@H](OCc1ccc(OC)cc1)[C@@H](C)CC[C@@H]1CC2(C[C@H](CC=O)O1)SCCCS2. The normalized spacial score (nSPS) is 24.8. The largest absolute Gasteiger partial charge is 0.497 e. The molecule has 3 saturated heterocycles. The molecule has 8 nitrogen and oxygen atoms in total. The zero-order chi connectivity index (χ0) is 38.2. The second kappa shape index (κ2) is 22.3. The molecule has 2 aromatic rings. The van der Waals surface area contributed by atoms with Crippen LogP contribution in [-0.2, 0) is 46.4 Å². The molecule has 54 heavy (non-hydrogen) atoms. The van der Waals surface area contributed by atoms with E-state index in [2.05, 4.69) is 80.7 Å². The lowest BCUT2D eigenvalue weighted by molar-refractivity contribution is -0.153. The van der Waals surface area contributed by atoms with Crippen LogP contribution in [0.1, 0.15) is 103 Å². The molecular weight excluding hydrogens is 721 g/mol. The van der Waals surface area contributed by atoms with E-state index in [-0.39, 0.29) is 58.8 Å². The molecule has 10 heteroatoms. The highest BCUT2D eigenvalue weighted by atomic mass is 32.2. The third-order valence-corrected chi connectivity index (χ3v) is 14.7. The Morgan fingerprint density at radius 2 is 1.63 bits per heavy atom. The number of thioether (sulfide) groups is 2. The number of carbonyl (C=O) groups excluding carboxylic acids is 1. The van der Waals surface area contributed by atoms with Gasteiger partial charge in [0.15, 0.2) is 0 Å². The van der Waals surface area contributed by atoms with Crippen LogP contribution in [0.2, 0.25) is 0 Å². The van der Waals surface area contributed by atoms with Gasteiger partial charge in [-0.15, -0.1) is 23.5 Å². The molecule has 3 aliphatic rings. The van der Waals surface area contributed by atoms with Crippen LogP contribution < -0.4 is 4.74 Å². The van der Waals surface area contributed by atoms with E-state index in [4.69, 9.17) is 33.2 Å². The summed E-state index contributed by atoms with van der Waals surface area (Å²) in [5.74, 6) is 3.48. The maximum Gasteiger partial charge on any atom is 0.146 e. The van der Waals surface area contributed by atoms with Gasteiger partial charge in [0.25, 0.3) is 0 Å². The molecular formula is C44H66O8S2. The van der Waals surface area contributed by atoms with Gasteiger partial charge < -0.3 is 38.0 Å². The van der Waals surface area contributed by atoms with E-state index < -0.39 is 0 Å². The van der Waals surface area contributed by atoms with Gasteiger partial charge in [-0.25, -0.2) is 0 Å². The zero-order valence-corrected chi connectivity index (χ0v) is 35.1. The summed E-state index contributed by atoms with van der Waals surface area (Å²) in [6.45, 7) is 8.81. The van der Waals surface area contributed by atoms with Crippen molar-refractivity contribution in [3.8, 4) is 5.75 Å². The number of rotatable bonds is 22. The zero-order valence-electron chi connectivity index (χ0n) is 33.4. The minimum atomic E-state index is -0.117. The van der Waals surface area contributed by atoms with Crippen molar-refractivity contribution in [2.75, 3.05) is 39.1 Å². The first-order valence-corrected chi connectivity index (χ1v) is 22.2. The van der Waals surface area contributed by atoms with E-state index in [0.717, 1.165) is 75.4 Å². The van der Waals surface area contributed by atoms with Crippen molar-refractivity contribution in [3.63, 3.8) is 0 Å². The Balaban J connectivity index is 1.23. The minimum Gasteiger partial charge on any atom is -0.497 e. The molecule has 0 aromatic heterocycles. The number of hydrogen-bond donors (Lipinski definition) is 0. The van der Waals surface area contributed by atoms with Gasteiger partial charge in [-0.05, 0) is 98.5 Å². The number of hydrogen-bond acceptors (Lipinski definition) is 10. The topological polar surface area (TPSA) is 81.7 Å². The lowest BCUT2D eigenvalue weighted by atomic mass is 9.82. The molecule has 0 N–H and O–H groups in total. The van der Waals surface area contributed by atoms with Gasteiger partial charge in [0.2, 0.25) is 0 Å². The summed E-state index contributed by atoms with van der Waals surface area (Å²) in [6, 6.07) is 18.5. The minimum absolute atomic E-state index is 0.00307. The molecule has 2 aromatic carbocycles. The number of carbonyl (C=O) groups is 1. The van der Waals surface area contributed by atoms with Crippen LogP contribution in [0.4, 0.5) is 0 Å². The van der Waals surface area contributed by atoms with Crippen LogP contribution in [0.3, 0.4) is 0 Å². The highest BCUT2D eigenvalue weighted by molar-refractivity contribution is 8.18. The first kappa shape index (κ1) is 43.5. The number of ether oxygens (including phenoxy) is 7. The third kappa shape index (κ3) is 13.8. The predicted molar refractivity (Wildman–Crippen MR) is 219 cm³/mol. The van der Waals surface area contributed by atoms with Crippen molar-refractivity contribution in [3.05, 3.63) is 65.7 Å². The molecule has 1 spiro atoms. The van der Waals surface area contributed by atoms with Crippen LogP contribution in [0.15, 0.2) is 54.6 Å². The van der Waals surface area contributed by atoms with E-state index in [9.17, 15) is 4.79 Å². The average molecular weight is 787 g/mol. The highest BCUT2D eigenvalue weighted by Gasteiger charge is 2.43. The van der Waals surface area contributed by atoms with E-state index in [1.54, 1.807) is 14.2 Å². The lowest BCUT2D eigenvalue weighted by Crippen LogP contribution is -2.43. The Morgan fingerprint density at radius 1 is 0.889 bits per heavy atom. The summed E-state index contributed by atoms with van der Waals surface area (Å²) < 4.78 is 43.9. The quantitative estimate of drug-likeness (QED) is 0.0851. The van der Waals surface area contributed by atoms with Crippen molar-refractivity contribution in [2.24, 2.45) is 11.3 Å². The van der Waals surface area contributed by atoms with Crippen molar-refractivity contribution in [1.82, 2.24) is 0 Å². The van der Waals surface area contributed by atoms with Crippen LogP contribution in [0.5, 0.6) is 5.75 Å². The molecule has 0 bridgehead atoms.